The average Bonchev–Trinajstić information content (AvgIpc) is 2.40. The second-order valence-electron chi connectivity index (χ2n) is 6.61. The summed E-state index contributed by atoms with van der Waals surface area (Å²) in [5.41, 5.74) is 0.458. The summed E-state index contributed by atoms with van der Waals surface area (Å²) in [5.74, 6) is 1.04. The first-order chi connectivity index (χ1) is 9.24. The molecule has 0 unspecified atom stereocenters. The Bertz CT molecular complexity index is 286. The summed E-state index contributed by atoms with van der Waals surface area (Å²) >= 11 is 0. The maximum absolute atomic E-state index is 11.9. The molecule has 2 aliphatic rings. The molecule has 2 N–H and O–H groups in total. The molecule has 20 heavy (non-hydrogen) atoms. The first-order valence-corrected chi connectivity index (χ1v) is 8.21. The zero-order valence-electron chi connectivity index (χ0n) is 12.9. The molecule has 1 amide bonds. The van der Waals surface area contributed by atoms with Crippen molar-refractivity contribution in [3.8, 4) is 0 Å². The zero-order valence-corrected chi connectivity index (χ0v) is 13.7. The van der Waals surface area contributed by atoms with E-state index in [-0.39, 0.29) is 18.3 Å². The van der Waals surface area contributed by atoms with Crippen LogP contribution >= 0.6 is 12.4 Å². The van der Waals surface area contributed by atoms with Crippen LogP contribution in [0.2, 0.25) is 0 Å². The van der Waals surface area contributed by atoms with E-state index in [1.54, 1.807) is 0 Å². The number of nitrogens with one attached hydrogen (secondary N) is 2. The number of amides is 1. The van der Waals surface area contributed by atoms with Crippen LogP contribution in [0, 0.1) is 11.3 Å². The molecule has 1 heterocycles. The van der Waals surface area contributed by atoms with Crippen molar-refractivity contribution in [2.24, 2.45) is 11.3 Å². The van der Waals surface area contributed by atoms with Crippen molar-refractivity contribution in [2.75, 3.05) is 19.6 Å². The van der Waals surface area contributed by atoms with Crippen LogP contribution in [0.15, 0.2) is 0 Å². The molecule has 0 aromatic rings. The maximum atomic E-state index is 11.9. The summed E-state index contributed by atoms with van der Waals surface area (Å²) in [4.78, 5) is 11.9. The van der Waals surface area contributed by atoms with Crippen LogP contribution in [0.25, 0.3) is 0 Å². The molecule has 1 saturated carbocycles. The van der Waals surface area contributed by atoms with Crippen LogP contribution < -0.4 is 10.6 Å². The third kappa shape index (κ3) is 5.25. The number of piperidine rings is 1. The lowest BCUT2D eigenvalue weighted by Gasteiger charge is -2.42. The van der Waals surface area contributed by atoms with Gasteiger partial charge < -0.3 is 10.6 Å². The highest BCUT2D eigenvalue weighted by Gasteiger charge is 2.35. The molecule has 0 spiro atoms. The van der Waals surface area contributed by atoms with Crippen molar-refractivity contribution in [3.63, 3.8) is 0 Å². The van der Waals surface area contributed by atoms with Gasteiger partial charge in [0.25, 0.3) is 0 Å². The van der Waals surface area contributed by atoms with Gasteiger partial charge in [0.1, 0.15) is 0 Å². The second-order valence-corrected chi connectivity index (χ2v) is 6.61. The summed E-state index contributed by atoms with van der Waals surface area (Å²) < 4.78 is 0. The third-order valence-corrected chi connectivity index (χ3v) is 5.09. The molecular formula is C16H31ClN2O. The van der Waals surface area contributed by atoms with Gasteiger partial charge in [-0.05, 0) is 62.9 Å². The summed E-state index contributed by atoms with van der Waals surface area (Å²) in [5, 5.41) is 6.57. The first kappa shape index (κ1) is 17.8. The van der Waals surface area contributed by atoms with E-state index in [9.17, 15) is 4.79 Å². The van der Waals surface area contributed by atoms with Crippen molar-refractivity contribution in [3.05, 3.63) is 0 Å². The fraction of sp³-hybridized carbons (Fsp3) is 0.938. The molecule has 1 aliphatic carbocycles. The minimum Gasteiger partial charge on any atom is -0.356 e. The topological polar surface area (TPSA) is 41.1 Å². The van der Waals surface area contributed by atoms with Crippen LogP contribution in [-0.2, 0) is 4.79 Å². The summed E-state index contributed by atoms with van der Waals surface area (Å²) in [6.07, 6.45) is 10.8. The van der Waals surface area contributed by atoms with Crippen molar-refractivity contribution < 1.29 is 4.79 Å². The largest absolute Gasteiger partial charge is 0.356 e. The van der Waals surface area contributed by atoms with Crippen molar-refractivity contribution >= 4 is 18.3 Å². The quantitative estimate of drug-likeness (QED) is 0.758. The predicted molar refractivity (Wildman–Crippen MR) is 86.3 cm³/mol. The molecule has 2 fully saturated rings. The van der Waals surface area contributed by atoms with E-state index in [2.05, 4.69) is 17.6 Å². The highest BCUT2D eigenvalue weighted by Crippen LogP contribution is 2.44. The molecule has 1 saturated heterocycles. The lowest BCUT2D eigenvalue weighted by molar-refractivity contribution is -0.122. The smallest absolute Gasteiger partial charge is 0.220 e. The van der Waals surface area contributed by atoms with E-state index in [1.807, 2.05) is 0 Å². The Hall–Kier alpha value is -0.280. The Morgan fingerprint density at radius 1 is 1.30 bits per heavy atom. The van der Waals surface area contributed by atoms with Gasteiger partial charge in [-0.2, -0.15) is 0 Å². The highest BCUT2D eigenvalue weighted by atomic mass is 35.5. The van der Waals surface area contributed by atoms with Crippen molar-refractivity contribution in [1.82, 2.24) is 10.6 Å². The number of hydrogen-bond acceptors (Lipinski definition) is 2. The number of carbonyl (C=O) groups is 1. The van der Waals surface area contributed by atoms with Crippen molar-refractivity contribution in [2.45, 2.75) is 64.7 Å². The van der Waals surface area contributed by atoms with Gasteiger partial charge in [-0.1, -0.05) is 19.8 Å². The van der Waals surface area contributed by atoms with Gasteiger partial charge in [-0.25, -0.2) is 0 Å². The molecule has 0 bridgehead atoms. The molecule has 118 valence electrons. The van der Waals surface area contributed by atoms with Crippen LogP contribution in [0.1, 0.15) is 64.7 Å². The van der Waals surface area contributed by atoms with E-state index in [0.29, 0.717) is 5.41 Å². The summed E-state index contributed by atoms with van der Waals surface area (Å²) in [7, 11) is 0. The third-order valence-electron chi connectivity index (χ3n) is 5.09. The van der Waals surface area contributed by atoms with E-state index in [4.69, 9.17) is 0 Å². The van der Waals surface area contributed by atoms with Crippen LogP contribution in [0.3, 0.4) is 0 Å². The number of carbonyl (C=O) groups excluding carboxylic acids is 1. The molecule has 0 aromatic heterocycles. The average molecular weight is 303 g/mol. The van der Waals surface area contributed by atoms with Gasteiger partial charge in [-0.3, -0.25) is 4.79 Å². The maximum Gasteiger partial charge on any atom is 0.220 e. The van der Waals surface area contributed by atoms with E-state index < -0.39 is 0 Å². The van der Waals surface area contributed by atoms with Crippen LogP contribution in [-0.4, -0.2) is 25.5 Å². The van der Waals surface area contributed by atoms with Crippen LogP contribution in [0.4, 0.5) is 0 Å². The monoisotopic (exact) mass is 302 g/mol. The van der Waals surface area contributed by atoms with Gasteiger partial charge in [0, 0.05) is 13.0 Å². The van der Waals surface area contributed by atoms with Crippen molar-refractivity contribution in [1.29, 1.82) is 0 Å². The van der Waals surface area contributed by atoms with E-state index in [1.165, 1.54) is 44.9 Å². The second kappa shape index (κ2) is 8.89. The Kier molecular flexibility index (Phi) is 7.90. The molecule has 0 aromatic carbocycles. The van der Waals surface area contributed by atoms with Crippen LogP contribution in [0.5, 0.6) is 0 Å². The minimum atomic E-state index is 0. The zero-order chi connectivity index (χ0) is 13.6. The van der Waals surface area contributed by atoms with Gasteiger partial charge in [-0.15, -0.1) is 12.4 Å². The molecular weight excluding hydrogens is 272 g/mol. The Balaban J connectivity index is 0.00000200. The standard InChI is InChI=1S/C16H30N2O.ClH/c1-2-8-16(9-3-10-16)13-18-15(19)5-4-14-6-11-17-12-7-14;/h14,17H,2-13H2,1H3,(H,18,19);1H. The van der Waals surface area contributed by atoms with Gasteiger partial charge in [0.2, 0.25) is 5.91 Å². The SMILES string of the molecule is CCCC1(CNC(=O)CCC2CCNCC2)CCC1.Cl. The summed E-state index contributed by atoms with van der Waals surface area (Å²) in [6, 6.07) is 0. The predicted octanol–water partition coefficient (Wildman–Crippen LogP) is 3.27. The highest BCUT2D eigenvalue weighted by molar-refractivity contribution is 5.85. The Labute approximate surface area is 130 Å². The molecule has 4 heteroatoms. The van der Waals surface area contributed by atoms with Gasteiger partial charge in [0.15, 0.2) is 0 Å². The molecule has 1 aliphatic heterocycles. The normalized spacial score (nSPS) is 21.6. The number of rotatable bonds is 7. The number of halogens is 1. The fourth-order valence-corrected chi connectivity index (χ4v) is 3.60. The number of hydrogen-bond donors (Lipinski definition) is 2. The molecule has 2 rings (SSSR count). The lowest BCUT2D eigenvalue weighted by Crippen LogP contribution is -2.42. The lowest BCUT2D eigenvalue weighted by atomic mass is 9.66. The molecule has 0 radical (unpaired) electrons. The summed E-state index contributed by atoms with van der Waals surface area (Å²) in [6.45, 7) is 5.43. The van der Waals surface area contributed by atoms with Gasteiger partial charge >= 0.3 is 0 Å². The Morgan fingerprint density at radius 3 is 2.55 bits per heavy atom. The van der Waals surface area contributed by atoms with E-state index >= 15 is 0 Å². The molecule has 3 nitrogen and oxygen atoms in total. The van der Waals surface area contributed by atoms with E-state index in [0.717, 1.165) is 38.4 Å². The minimum absolute atomic E-state index is 0. The van der Waals surface area contributed by atoms with Gasteiger partial charge in [0.05, 0.1) is 0 Å². The molecule has 0 atom stereocenters. The first-order valence-electron chi connectivity index (χ1n) is 8.21. The fourth-order valence-electron chi connectivity index (χ4n) is 3.60. The Morgan fingerprint density at radius 2 is 2.00 bits per heavy atom.